The van der Waals surface area contributed by atoms with E-state index in [0.717, 1.165) is 0 Å². The smallest absolute Gasteiger partial charge is 0.222 e. The molecule has 0 bridgehead atoms. The Labute approximate surface area is 78.3 Å². The summed E-state index contributed by atoms with van der Waals surface area (Å²) in [4.78, 5) is 3.78. The number of nitrogens with zero attached hydrogens (tertiary/aromatic N) is 1. The molecule has 1 aromatic heterocycles. The van der Waals surface area contributed by atoms with Crippen LogP contribution in [0.15, 0.2) is 29.6 Å². The summed E-state index contributed by atoms with van der Waals surface area (Å²) in [7, 11) is 0. The molecule has 1 aromatic carbocycles. The first kappa shape index (κ1) is 8.19. The van der Waals surface area contributed by atoms with Crippen molar-refractivity contribution in [3.05, 3.63) is 35.5 Å². The Hall–Kier alpha value is -1.42. The summed E-state index contributed by atoms with van der Waals surface area (Å²) < 4.78 is 13.2. The molecule has 0 aliphatic carbocycles. The van der Waals surface area contributed by atoms with Gasteiger partial charge in [0.25, 0.3) is 0 Å². The van der Waals surface area contributed by atoms with Crippen molar-refractivity contribution in [1.29, 1.82) is 0 Å². The SMILES string of the molecule is Oc1csc(-c2ccccc2F)n1. The van der Waals surface area contributed by atoms with Crippen LogP contribution in [0.25, 0.3) is 10.6 Å². The van der Waals surface area contributed by atoms with E-state index >= 15 is 0 Å². The second kappa shape index (κ2) is 3.14. The molecular weight excluding hydrogens is 189 g/mol. The van der Waals surface area contributed by atoms with Crippen molar-refractivity contribution >= 4 is 11.3 Å². The van der Waals surface area contributed by atoms with Crippen LogP contribution in [0.2, 0.25) is 0 Å². The van der Waals surface area contributed by atoms with Gasteiger partial charge in [-0.15, -0.1) is 11.3 Å². The van der Waals surface area contributed by atoms with E-state index in [9.17, 15) is 4.39 Å². The Bertz CT molecular complexity index is 427. The molecule has 0 fully saturated rings. The van der Waals surface area contributed by atoms with Gasteiger partial charge in [-0.3, -0.25) is 0 Å². The number of benzene rings is 1. The van der Waals surface area contributed by atoms with Gasteiger partial charge >= 0.3 is 0 Å². The summed E-state index contributed by atoms with van der Waals surface area (Å²) in [5, 5.41) is 11.0. The lowest BCUT2D eigenvalue weighted by molar-refractivity contribution is 0.458. The molecule has 4 heteroatoms. The number of halogens is 1. The van der Waals surface area contributed by atoms with Crippen LogP contribution in [-0.4, -0.2) is 10.1 Å². The van der Waals surface area contributed by atoms with Crippen LogP contribution >= 0.6 is 11.3 Å². The first-order valence-electron chi connectivity index (χ1n) is 3.67. The van der Waals surface area contributed by atoms with Crippen LogP contribution in [0.5, 0.6) is 5.88 Å². The maximum absolute atomic E-state index is 13.2. The van der Waals surface area contributed by atoms with E-state index in [1.807, 2.05) is 0 Å². The molecule has 0 spiro atoms. The fourth-order valence-electron chi connectivity index (χ4n) is 1.02. The van der Waals surface area contributed by atoms with Crippen molar-refractivity contribution < 1.29 is 9.50 Å². The van der Waals surface area contributed by atoms with Crippen molar-refractivity contribution in [2.24, 2.45) is 0 Å². The lowest BCUT2D eigenvalue weighted by Crippen LogP contribution is -1.81. The molecule has 2 nitrogen and oxygen atoms in total. The average molecular weight is 195 g/mol. The third-order valence-corrected chi connectivity index (χ3v) is 2.46. The highest BCUT2D eigenvalue weighted by molar-refractivity contribution is 7.13. The Balaban J connectivity index is 2.52. The molecule has 0 saturated carbocycles. The zero-order valence-corrected chi connectivity index (χ0v) is 7.38. The van der Waals surface area contributed by atoms with E-state index in [1.54, 1.807) is 18.2 Å². The van der Waals surface area contributed by atoms with Crippen LogP contribution in [0.3, 0.4) is 0 Å². The summed E-state index contributed by atoms with van der Waals surface area (Å²) in [6, 6.07) is 6.35. The molecule has 0 aliphatic heterocycles. The zero-order valence-electron chi connectivity index (χ0n) is 6.57. The second-order valence-electron chi connectivity index (χ2n) is 2.49. The summed E-state index contributed by atoms with van der Waals surface area (Å²) in [6.07, 6.45) is 0. The molecule has 0 radical (unpaired) electrons. The van der Waals surface area contributed by atoms with E-state index in [4.69, 9.17) is 5.11 Å². The highest BCUT2D eigenvalue weighted by Crippen LogP contribution is 2.27. The predicted octanol–water partition coefficient (Wildman–Crippen LogP) is 2.65. The minimum Gasteiger partial charge on any atom is -0.493 e. The van der Waals surface area contributed by atoms with Crippen molar-refractivity contribution in [2.45, 2.75) is 0 Å². The van der Waals surface area contributed by atoms with Gasteiger partial charge in [-0.05, 0) is 12.1 Å². The van der Waals surface area contributed by atoms with Gasteiger partial charge in [0.2, 0.25) is 5.88 Å². The van der Waals surface area contributed by atoms with Gasteiger partial charge in [-0.2, -0.15) is 0 Å². The monoisotopic (exact) mass is 195 g/mol. The van der Waals surface area contributed by atoms with Crippen LogP contribution in [0.1, 0.15) is 0 Å². The molecule has 0 amide bonds. The number of hydrogen-bond acceptors (Lipinski definition) is 3. The molecule has 2 aromatic rings. The third-order valence-electron chi connectivity index (χ3n) is 1.60. The topological polar surface area (TPSA) is 33.1 Å². The number of aromatic nitrogens is 1. The molecule has 13 heavy (non-hydrogen) atoms. The Kier molecular flexibility index (Phi) is 1.98. The Morgan fingerprint density at radius 1 is 1.31 bits per heavy atom. The van der Waals surface area contributed by atoms with E-state index in [0.29, 0.717) is 10.6 Å². The zero-order chi connectivity index (χ0) is 9.26. The number of hydrogen-bond donors (Lipinski definition) is 1. The largest absolute Gasteiger partial charge is 0.493 e. The van der Waals surface area contributed by atoms with Crippen molar-refractivity contribution in [2.75, 3.05) is 0 Å². The van der Waals surface area contributed by atoms with Crippen molar-refractivity contribution in [3.8, 4) is 16.5 Å². The standard InChI is InChI=1S/C9H6FNOS/c10-7-4-2-1-3-6(7)9-11-8(12)5-13-9/h1-5,12H. The first-order valence-corrected chi connectivity index (χ1v) is 4.55. The van der Waals surface area contributed by atoms with Crippen LogP contribution < -0.4 is 0 Å². The van der Waals surface area contributed by atoms with E-state index in [1.165, 1.54) is 22.8 Å². The quantitative estimate of drug-likeness (QED) is 0.758. The minimum absolute atomic E-state index is 0.0664. The van der Waals surface area contributed by atoms with Gasteiger partial charge in [0.1, 0.15) is 10.8 Å². The maximum Gasteiger partial charge on any atom is 0.222 e. The lowest BCUT2D eigenvalue weighted by Gasteiger charge is -1.96. The molecule has 0 atom stereocenters. The van der Waals surface area contributed by atoms with Gasteiger partial charge < -0.3 is 5.11 Å². The highest BCUT2D eigenvalue weighted by atomic mass is 32.1. The molecule has 2 rings (SSSR count). The van der Waals surface area contributed by atoms with Crippen LogP contribution in [0.4, 0.5) is 4.39 Å². The number of aromatic hydroxyl groups is 1. The third kappa shape index (κ3) is 1.53. The molecule has 66 valence electrons. The molecule has 0 unspecified atom stereocenters. The van der Waals surface area contributed by atoms with Crippen molar-refractivity contribution in [1.82, 2.24) is 4.98 Å². The van der Waals surface area contributed by atoms with Gasteiger partial charge in [-0.25, -0.2) is 9.37 Å². The Morgan fingerprint density at radius 3 is 2.69 bits per heavy atom. The molecule has 0 aliphatic rings. The number of thiazole rings is 1. The lowest BCUT2D eigenvalue weighted by atomic mass is 10.2. The predicted molar refractivity (Wildman–Crippen MR) is 49.2 cm³/mol. The molecule has 1 N–H and O–H groups in total. The summed E-state index contributed by atoms with van der Waals surface area (Å²) in [5.74, 6) is -0.389. The van der Waals surface area contributed by atoms with Gasteiger partial charge in [-0.1, -0.05) is 12.1 Å². The van der Waals surface area contributed by atoms with E-state index in [-0.39, 0.29) is 11.7 Å². The molecule has 0 saturated heterocycles. The second-order valence-corrected chi connectivity index (χ2v) is 3.35. The Morgan fingerprint density at radius 2 is 2.08 bits per heavy atom. The molecular formula is C9H6FNOS. The first-order chi connectivity index (χ1) is 6.27. The summed E-state index contributed by atoms with van der Waals surface area (Å²) in [5.41, 5.74) is 0.424. The average Bonchev–Trinajstić information content (AvgIpc) is 2.53. The summed E-state index contributed by atoms with van der Waals surface area (Å²) in [6.45, 7) is 0. The van der Waals surface area contributed by atoms with Crippen molar-refractivity contribution in [3.63, 3.8) is 0 Å². The van der Waals surface area contributed by atoms with Gasteiger partial charge in [0.05, 0.1) is 5.38 Å². The fourth-order valence-corrected chi connectivity index (χ4v) is 1.73. The maximum atomic E-state index is 13.2. The van der Waals surface area contributed by atoms with Gasteiger partial charge in [0, 0.05) is 5.56 Å². The van der Waals surface area contributed by atoms with Gasteiger partial charge in [0.15, 0.2) is 0 Å². The van der Waals surface area contributed by atoms with Crippen LogP contribution in [0, 0.1) is 5.82 Å². The highest BCUT2D eigenvalue weighted by Gasteiger charge is 2.07. The number of rotatable bonds is 1. The minimum atomic E-state index is -0.322. The fraction of sp³-hybridized carbons (Fsp3) is 0. The van der Waals surface area contributed by atoms with E-state index < -0.39 is 0 Å². The normalized spacial score (nSPS) is 10.2. The summed E-state index contributed by atoms with van der Waals surface area (Å²) >= 11 is 1.22. The van der Waals surface area contributed by atoms with E-state index in [2.05, 4.69) is 4.98 Å². The van der Waals surface area contributed by atoms with Crippen LogP contribution in [-0.2, 0) is 0 Å². The molecule has 1 heterocycles.